The molecule has 0 aromatic heterocycles. The molecule has 0 spiro atoms. The Morgan fingerprint density at radius 2 is 2.21 bits per heavy atom. The Kier molecular flexibility index (Phi) is 3.52. The van der Waals surface area contributed by atoms with Gasteiger partial charge in [0.25, 0.3) is 10.2 Å². The summed E-state index contributed by atoms with van der Waals surface area (Å²) in [6, 6.07) is 0. The highest BCUT2D eigenvalue weighted by Crippen LogP contribution is 2.29. The molecule has 6 heteroatoms. The summed E-state index contributed by atoms with van der Waals surface area (Å²) < 4.78 is 27.2. The van der Waals surface area contributed by atoms with Gasteiger partial charge in [-0.15, -0.1) is 0 Å². The average molecular weight is 221 g/mol. The molecule has 1 unspecified atom stereocenters. The lowest BCUT2D eigenvalue weighted by atomic mass is 9.90. The quantitative estimate of drug-likeness (QED) is 0.673. The second kappa shape index (κ2) is 4.14. The molecule has 0 amide bonds. The van der Waals surface area contributed by atoms with Crippen LogP contribution in [-0.4, -0.2) is 38.9 Å². The Morgan fingerprint density at radius 3 is 2.64 bits per heavy atom. The van der Waals surface area contributed by atoms with Gasteiger partial charge in [-0.3, -0.25) is 0 Å². The molecule has 0 saturated carbocycles. The van der Waals surface area contributed by atoms with E-state index in [9.17, 15) is 8.42 Å². The molecule has 0 bridgehead atoms. The first-order valence-electron chi connectivity index (χ1n) is 4.88. The van der Waals surface area contributed by atoms with Gasteiger partial charge < -0.3 is 5.73 Å². The SMILES string of the molecule is CCNS(=O)(=O)N1CCC(C)(CN)C1. The summed E-state index contributed by atoms with van der Waals surface area (Å²) in [6.45, 7) is 5.86. The molecule has 0 aromatic carbocycles. The van der Waals surface area contributed by atoms with E-state index in [0.717, 1.165) is 6.42 Å². The van der Waals surface area contributed by atoms with Crippen molar-refractivity contribution in [3.8, 4) is 0 Å². The molecule has 0 radical (unpaired) electrons. The van der Waals surface area contributed by atoms with E-state index in [-0.39, 0.29) is 5.41 Å². The summed E-state index contributed by atoms with van der Waals surface area (Å²) in [7, 11) is -3.26. The summed E-state index contributed by atoms with van der Waals surface area (Å²) in [5, 5.41) is 0. The first kappa shape index (κ1) is 11.9. The average Bonchev–Trinajstić information content (AvgIpc) is 2.50. The third kappa shape index (κ3) is 2.44. The van der Waals surface area contributed by atoms with E-state index in [2.05, 4.69) is 4.72 Å². The van der Waals surface area contributed by atoms with Gasteiger partial charge >= 0.3 is 0 Å². The van der Waals surface area contributed by atoms with E-state index in [1.807, 2.05) is 6.92 Å². The van der Waals surface area contributed by atoms with Crippen molar-refractivity contribution in [2.24, 2.45) is 11.1 Å². The van der Waals surface area contributed by atoms with Crippen molar-refractivity contribution in [2.75, 3.05) is 26.2 Å². The van der Waals surface area contributed by atoms with Crippen LogP contribution in [0.4, 0.5) is 0 Å². The fourth-order valence-corrected chi connectivity index (χ4v) is 2.98. The molecule has 14 heavy (non-hydrogen) atoms. The van der Waals surface area contributed by atoms with E-state index in [1.165, 1.54) is 4.31 Å². The normalized spacial score (nSPS) is 29.6. The molecule has 84 valence electrons. The van der Waals surface area contributed by atoms with E-state index < -0.39 is 10.2 Å². The maximum atomic E-state index is 11.6. The second-order valence-corrected chi connectivity index (χ2v) is 5.86. The number of nitrogens with two attached hydrogens (primary N) is 1. The topological polar surface area (TPSA) is 75.4 Å². The molecule has 1 rings (SSSR count). The molecule has 1 fully saturated rings. The summed E-state index contributed by atoms with van der Waals surface area (Å²) in [6.07, 6.45) is 0.841. The van der Waals surface area contributed by atoms with Gasteiger partial charge in [0.1, 0.15) is 0 Å². The Hall–Kier alpha value is -0.170. The molecule has 0 aliphatic carbocycles. The van der Waals surface area contributed by atoms with Crippen LogP contribution in [0, 0.1) is 5.41 Å². The zero-order chi connectivity index (χ0) is 10.8. The highest BCUT2D eigenvalue weighted by Gasteiger charge is 2.37. The van der Waals surface area contributed by atoms with Crippen LogP contribution >= 0.6 is 0 Å². The van der Waals surface area contributed by atoms with Gasteiger partial charge in [0.2, 0.25) is 0 Å². The zero-order valence-corrected chi connectivity index (χ0v) is 9.60. The van der Waals surface area contributed by atoms with E-state index in [1.54, 1.807) is 6.92 Å². The number of nitrogens with zero attached hydrogens (tertiary/aromatic N) is 1. The van der Waals surface area contributed by atoms with Gasteiger partial charge in [0, 0.05) is 19.6 Å². The molecular weight excluding hydrogens is 202 g/mol. The van der Waals surface area contributed by atoms with E-state index in [4.69, 9.17) is 5.73 Å². The minimum atomic E-state index is -3.26. The van der Waals surface area contributed by atoms with Crippen molar-refractivity contribution in [1.29, 1.82) is 0 Å². The fraction of sp³-hybridized carbons (Fsp3) is 1.00. The monoisotopic (exact) mass is 221 g/mol. The van der Waals surface area contributed by atoms with Crippen LogP contribution in [0.5, 0.6) is 0 Å². The van der Waals surface area contributed by atoms with Gasteiger partial charge in [-0.25, -0.2) is 4.72 Å². The summed E-state index contributed by atoms with van der Waals surface area (Å²) in [5.74, 6) is 0. The standard InChI is InChI=1S/C8H19N3O2S/c1-3-10-14(12,13)11-5-4-8(2,6-9)7-11/h10H,3-7,9H2,1-2H3. The Labute approximate surface area is 85.8 Å². The third-order valence-electron chi connectivity index (χ3n) is 2.68. The summed E-state index contributed by atoms with van der Waals surface area (Å²) >= 11 is 0. The molecule has 3 N–H and O–H groups in total. The van der Waals surface area contributed by atoms with Gasteiger partial charge in [0.15, 0.2) is 0 Å². The van der Waals surface area contributed by atoms with Crippen molar-refractivity contribution in [3.63, 3.8) is 0 Å². The third-order valence-corrected chi connectivity index (χ3v) is 4.33. The van der Waals surface area contributed by atoms with Gasteiger partial charge in [-0.1, -0.05) is 13.8 Å². The van der Waals surface area contributed by atoms with Crippen molar-refractivity contribution >= 4 is 10.2 Å². The Balaban J connectivity index is 2.67. The lowest BCUT2D eigenvalue weighted by molar-refractivity contribution is 0.348. The van der Waals surface area contributed by atoms with Crippen molar-refractivity contribution in [3.05, 3.63) is 0 Å². The molecule has 1 aliphatic heterocycles. The van der Waals surface area contributed by atoms with E-state index in [0.29, 0.717) is 26.2 Å². The molecule has 0 aromatic rings. The van der Waals surface area contributed by atoms with Gasteiger partial charge in [-0.05, 0) is 18.4 Å². The van der Waals surface area contributed by atoms with Crippen molar-refractivity contribution < 1.29 is 8.42 Å². The maximum Gasteiger partial charge on any atom is 0.279 e. The van der Waals surface area contributed by atoms with Gasteiger partial charge in [0.05, 0.1) is 0 Å². The second-order valence-electron chi connectivity index (χ2n) is 4.10. The summed E-state index contributed by atoms with van der Waals surface area (Å²) in [4.78, 5) is 0. The first-order chi connectivity index (χ1) is 6.43. The molecule has 1 heterocycles. The fourth-order valence-electron chi connectivity index (χ4n) is 1.62. The maximum absolute atomic E-state index is 11.6. The van der Waals surface area contributed by atoms with Crippen LogP contribution < -0.4 is 10.5 Å². The van der Waals surface area contributed by atoms with Crippen LogP contribution in [0.1, 0.15) is 20.3 Å². The minimum Gasteiger partial charge on any atom is -0.330 e. The first-order valence-corrected chi connectivity index (χ1v) is 6.32. The van der Waals surface area contributed by atoms with Crippen LogP contribution in [-0.2, 0) is 10.2 Å². The number of rotatable bonds is 4. The highest BCUT2D eigenvalue weighted by molar-refractivity contribution is 7.87. The Morgan fingerprint density at radius 1 is 1.57 bits per heavy atom. The smallest absolute Gasteiger partial charge is 0.279 e. The lowest BCUT2D eigenvalue weighted by Crippen LogP contribution is -2.41. The van der Waals surface area contributed by atoms with Crippen LogP contribution in [0.25, 0.3) is 0 Å². The zero-order valence-electron chi connectivity index (χ0n) is 8.78. The highest BCUT2D eigenvalue weighted by atomic mass is 32.2. The lowest BCUT2D eigenvalue weighted by Gasteiger charge is -2.22. The number of hydrogen-bond donors (Lipinski definition) is 2. The van der Waals surface area contributed by atoms with E-state index >= 15 is 0 Å². The predicted octanol–water partition coefficient (Wildman–Crippen LogP) is -0.489. The molecule has 1 saturated heterocycles. The van der Waals surface area contributed by atoms with Crippen LogP contribution in [0.2, 0.25) is 0 Å². The number of nitrogens with one attached hydrogen (secondary N) is 1. The number of hydrogen-bond acceptors (Lipinski definition) is 3. The van der Waals surface area contributed by atoms with Crippen LogP contribution in [0.15, 0.2) is 0 Å². The molecule has 1 atom stereocenters. The van der Waals surface area contributed by atoms with Gasteiger partial charge in [-0.2, -0.15) is 12.7 Å². The Bertz CT molecular complexity index is 291. The molecular formula is C8H19N3O2S. The molecule has 1 aliphatic rings. The van der Waals surface area contributed by atoms with Crippen LogP contribution in [0.3, 0.4) is 0 Å². The predicted molar refractivity (Wildman–Crippen MR) is 55.9 cm³/mol. The van der Waals surface area contributed by atoms with Crippen molar-refractivity contribution in [1.82, 2.24) is 9.03 Å². The largest absolute Gasteiger partial charge is 0.330 e. The van der Waals surface area contributed by atoms with Crippen molar-refractivity contribution in [2.45, 2.75) is 20.3 Å². The minimum absolute atomic E-state index is 0.0531. The molecule has 5 nitrogen and oxygen atoms in total. The summed E-state index contributed by atoms with van der Waals surface area (Å²) in [5.41, 5.74) is 5.55.